The highest BCUT2D eigenvalue weighted by Gasteiger charge is 2.11. The fourth-order valence-electron chi connectivity index (χ4n) is 2.04. The van der Waals surface area contributed by atoms with Gasteiger partial charge in [0.05, 0.1) is 18.7 Å². The Hall–Kier alpha value is -1.92. The summed E-state index contributed by atoms with van der Waals surface area (Å²) < 4.78 is 6.98. The van der Waals surface area contributed by atoms with Crippen LogP contribution in [0.4, 0.5) is 5.69 Å². The van der Waals surface area contributed by atoms with Crippen molar-refractivity contribution in [2.45, 2.75) is 26.3 Å². The average Bonchev–Trinajstić information content (AvgIpc) is 2.88. The molecule has 0 bridgehead atoms. The number of aliphatic hydroxyl groups is 1. The monoisotopic (exact) mass is 320 g/mol. The summed E-state index contributed by atoms with van der Waals surface area (Å²) in [6, 6.07) is 9.68. The Bertz CT molecular complexity index is 662. The van der Waals surface area contributed by atoms with E-state index in [1.807, 2.05) is 40.3 Å². The molecule has 118 valence electrons. The molecule has 0 saturated heterocycles. The lowest BCUT2D eigenvalue weighted by molar-refractivity contribution is -0.142. The quantitative estimate of drug-likeness (QED) is 0.796. The SMILES string of the molecule is CCOC(=O)Cc1csc(=Nc2ccccc2)n1CCCO. The molecule has 1 aromatic carbocycles. The van der Waals surface area contributed by atoms with E-state index in [4.69, 9.17) is 9.84 Å². The molecule has 2 rings (SSSR count). The largest absolute Gasteiger partial charge is 0.466 e. The molecule has 6 heteroatoms. The smallest absolute Gasteiger partial charge is 0.311 e. The lowest BCUT2D eigenvalue weighted by atomic mass is 10.3. The van der Waals surface area contributed by atoms with Gasteiger partial charge in [0.2, 0.25) is 0 Å². The van der Waals surface area contributed by atoms with Gasteiger partial charge in [-0.2, -0.15) is 0 Å². The summed E-state index contributed by atoms with van der Waals surface area (Å²) >= 11 is 1.49. The minimum atomic E-state index is -0.246. The Morgan fingerprint density at radius 2 is 2.14 bits per heavy atom. The maximum absolute atomic E-state index is 11.7. The standard InChI is InChI=1S/C16H20N2O3S/c1-2-21-15(20)11-14-12-22-16(18(14)9-6-10-19)17-13-7-4-3-5-8-13/h3-5,7-8,12,19H,2,6,9-11H2,1H3. The molecule has 5 nitrogen and oxygen atoms in total. The van der Waals surface area contributed by atoms with E-state index in [9.17, 15) is 4.79 Å². The number of thiazole rings is 1. The van der Waals surface area contributed by atoms with Crippen molar-refractivity contribution < 1.29 is 14.6 Å². The van der Waals surface area contributed by atoms with E-state index in [0.29, 0.717) is 19.6 Å². The number of aromatic nitrogens is 1. The lowest BCUT2D eigenvalue weighted by Crippen LogP contribution is -2.20. The zero-order chi connectivity index (χ0) is 15.8. The number of rotatable bonds is 7. The number of esters is 1. The molecule has 0 aliphatic rings. The van der Waals surface area contributed by atoms with Crippen LogP contribution in [0.1, 0.15) is 19.0 Å². The van der Waals surface area contributed by atoms with Crippen LogP contribution in [0.3, 0.4) is 0 Å². The first-order valence-electron chi connectivity index (χ1n) is 7.28. The summed E-state index contributed by atoms with van der Waals surface area (Å²) in [6.07, 6.45) is 0.842. The maximum atomic E-state index is 11.7. The minimum Gasteiger partial charge on any atom is -0.466 e. The van der Waals surface area contributed by atoms with E-state index >= 15 is 0 Å². The number of para-hydroxylation sites is 1. The summed E-state index contributed by atoms with van der Waals surface area (Å²) in [6.45, 7) is 2.90. The van der Waals surface area contributed by atoms with Crippen LogP contribution in [0.5, 0.6) is 0 Å². The van der Waals surface area contributed by atoms with Crippen molar-refractivity contribution in [3.8, 4) is 0 Å². The van der Waals surface area contributed by atoms with Gasteiger partial charge in [-0.3, -0.25) is 4.79 Å². The van der Waals surface area contributed by atoms with Crippen molar-refractivity contribution in [1.82, 2.24) is 4.57 Å². The van der Waals surface area contributed by atoms with Crippen molar-refractivity contribution in [2.75, 3.05) is 13.2 Å². The molecular formula is C16H20N2O3S. The van der Waals surface area contributed by atoms with Gasteiger partial charge < -0.3 is 14.4 Å². The van der Waals surface area contributed by atoms with E-state index in [2.05, 4.69) is 4.99 Å². The maximum Gasteiger partial charge on any atom is 0.311 e. The number of carbonyl (C=O) groups excluding carboxylic acids is 1. The summed E-state index contributed by atoms with van der Waals surface area (Å²) in [5, 5.41) is 11.0. The second-order valence-electron chi connectivity index (χ2n) is 4.67. The highest BCUT2D eigenvalue weighted by Crippen LogP contribution is 2.11. The number of carbonyl (C=O) groups is 1. The van der Waals surface area contributed by atoms with Gasteiger partial charge in [-0.05, 0) is 25.5 Å². The van der Waals surface area contributed by atoms with Crippen LogP contribution in [0.15, 0.2) is 40.7 Å². The Balaban J connectivity index is 2.31. The van der Waals surface area contributed by atoms with Gasteiger partial charge >= 0.3 is 5.97 Å². The molecule has 0 atom stereocenters. The summed E-state index contributed by atoms with van der Waals surface area (Å²) in [5.41, 5.74) is 1.73. The lowest BCUT2D eigenvalue weighted by Gasteiger charge is -2.07. The second-order valence-corrected chi connectivity index (χ2v) is 5.50. The normalized spacial score (nSPS) is 11.6. The highest BCUT2D eigenvalue weighted by molar-refractivity contribution is 7.07. The molecule has 22 heavy (non-hydrogen) atoms. The van der Waals surface area contributed by atoms with Crippen LogP contribution >= 0.6 is 11.3 Å². The molecule has 0 amide bonds. The Morgan fingerprint density at radius 1 is 1.36 bits per heavy atom. The van der Waals surface area contributed by atoms with E-state index in [1.165, 1.54) is 11.3 Å². The van der Waals surface area contributed by atoms with Crippen molar-refractivity contribution in [2.24, 2.45) is 4.99 Å². The van der Waals surface area contributed by atoms with Gasteiger partial charge in [-0.1, -0.05) is 18.2 Å². The number of hydrogen-bond acceptors (Lipinski definition) is 5. The molecule has 0 unspecified atom stereocenters. The zero-order valence-electron chi connectivity index (χ0n) is 12.6. The molecule has 0 aliphatic heterocycles. The van der Waals surface area contributed by atoms with Gasteiger partial charge in [0.15, 0.2) is 4.80 Å². The summed E-state index contributed by atoms with van der Waals surface area (Å²) in [7, 11) is 0. The van der Waals surface area contributed by atoms with Gasteiger partial charge in [0.25, 0.3) is 0 Å². The molecule has 0 spiro atoms. The van der Waals surface area contributed by atoms with Crippen LogP contribution in [-0.2, 0) is 22.5 Å². The predicted octanol–water partition coefficient (Wildman–Crippen LogP) is 2.27. The predicted molar refractivity (Wildman–Crippen MR) is 86.0 cm³/mol. The van der Waals surface area contributed by atoms with E-state index in [0.717, 1.165) is 16.2 Å². The molecule has 1 aromatic heterocycles. The van der Waals surface area contributed by atoms with Crippen LogP contribution in [0.2, 0.25) is 0 Å². The number of benzene rings is 1. The Kier molecular flexibility index (Phi) is 6.36. The molecule has 1 N–H and O–H groups in total. The van der Waals surface area contributed by atoms with Crippen LogP contribution in [-0.4, -0.2) is 28.9 Å². The third-order valence-corrected chi connectivity index (χ3v) is 3.94. The molecule has 0 saturated carbocycles. The third-order valence-electron chi connectivity index (χ3n) is 3.03. The molecule has 2 aromatic rings. The molecule has 0 aliphatic carbocycles. The Labute approximate surface area is 133 Å². The number of ether oxygens (including phenoxy) is 1. The summed E-state index contributed by atoms with van der Waals surface area (Å²) in [4.78, 5) is 17.1. The fourth-order valence-corrected chi connectivity index (χ4v) is 2.98. The van der Waals surface area contributed by atoms with Gasteiger partial charge in [-0.25, -0.2) is 4.99 Å². The van der Waals surface area contributed by atoms with Gasteiger partial charge in [0, 0.05) is 24.2 Å². The number of nitrogens with zero attached hydrogens (tertiary/aromatic N) is 2. The van der Waals surface area contributed by atoms with Crippen molar-refractivity contribution in [3.05, 3.63) is 46.2 Å². The molecular weight excluding hydrogens is 300 g/mol. The topological polar surface area (TPSA) is 63.8 Å². The van der Waals surface area contributed by atoms with Crippen molar-refractivity contribution in [1.29, 1.82) is 0 Å². The first-order valence-corrected chi connectivity index (χ1v) is 8.16. The van der Waals surface area contributed by atoms with Crippen molar-refractivity contribution in [3.63, 3.8) is 0 Å². The van der Waals surface area contributed by atoms with Crippen molar-refractivity contribution >= 4 is 23.0 Å². The average molecular weight is 320 g/mol. The number of hydrogen-bond donors (Lipinski definition) is 1. The molecule has 1 heterocycles. The summed E-state index contributed by atoms with van der Waals surface area (Å²) in [5.74, 6) is -0.246. The first kappa shape index (κ1) is 16.5. The molecule has 0 fully saturated rings. The van der Waals surface area contributed by atoms with Crippen LogP contribution in [0.25, 0.3) is 0 Å². The molecule has 0 radical (unpaired) electrons. The first-order chi connectivity index (χ1) is 10.7. The minimum absolute atomic E-state index is 0.104. The van der Waals surface area contributed by atoms with Gasteiger partial charge in [-0.15, -0.1) is 11.3 Å². The fraction of sp³-hybridized carbons (Fsp3) is 0.375. The van der Waals surface area contributed by atoms with E-state index in [1.54, 1.807) is 6.92 Å². The van der Waals surface area contributed by atoms with E-state index < -0.39 is 0 Å². The Morgan fingerprint density at radius 3 is 2.82 bits per heavy atom. The van der Waals surface area contributed by atoms with Gasteiger partial charge in [0.1, 0.15) is 0 Å². The number of aliphatic hydroxyl groups excluding tert-OH is 1. The van der Waals surface area contributed by atoms with Crippen LogP contribution in [0, 0.1) is 0 Å². The highest BCUT2D eigenvalue weighted by atomic mass is 32.1. The third kappa shape index (κ3) is 4.54. The van der Waals surface area contributed by atoms with Crippen LogP contribution < -0.4 is 4.80 Å². The van der Waals surface area contributed by atoms with E-state index in [-0.39, 0.29) is 19.0 Å². The second kappa shape index (κ2) is 8.51. The zero-order valence-corrected chi connectivity index (χ0v) is 13.4.